The van der Waals surface area contributed by atoms with E-state index in [1.807, 2.05) is 6.07 Å². The lowest BCUT2D eigenvalue weighted by molar-refractivity contribution is -0.122. The molecule has 112 valence electrons. The third kappa shape index (κ3) is 4.00. The first-order valence-corrected chi connectivity index (χ1v) is 7.60. The van der Waals surface area contributed by atoms with Crippen LogP contribution < -0.4 is 10.1 Å². The number of para-hydroxylation sites is 1. The fourth-order valence-corrected chi connectivity index (χ4v) is 2.51. The van der Waals surface area contributed by atoms with Crippen molar-refractivity contribution in [1.82, 2.24) is 0 Å². The van der Waals surface area contributed by atoms with E-state index in [9.17, 15) is 4.79 Å². The lowest BCUT2D eigenvalue weighted by atomic mass is 10.2. The second-order valence-electron chi connectivity index (χ2n) is 4.48. The maximum atomic E-state index is 12.2. The Morgan fingerprint density at radius 1 is 1.36 bits per heavy atom. The van der Waals surface area contributed by atoms with Crippen molar-refractivity contribution in [2.75, 3.05) is 5.32 Å². The highest BCUT2D eigenvalue weighted by atomic mass is 79.9. The largest absolute Gasteiger partial charge is 0.480 e. The van der Waals surface area contributed by atoms with Crippen LogP contribution in [-0.4, -0.2) is 12.0 Å². The van der Waals surface area contributed by atoms with Crippen LogP contribution in [0.4, 0.5) is 5.69 Å². The molecule has 2 rings (SSSR count). The molecule has 0 saturated heterocycles. The van der Waals surface area contributed by atoms with Gasteiger partial charge in [0, 0.05) is 5.02 Å². The van der Waals surface area contributed by atoms with Gasteiger partial charge in [0.15, 0.2) is 6.10 Å². The molecule has 0 bridgehead atoms. The number of carbonyl (C=O) groups is 1. The highest BCUT2D eigenvalue weighted by Gasteiger charge is 2.17. The second kappa shape index (κ2) is 7.30. The molecule has 0 fully saturated rings. The number of hydrogen-bond acceptors (Lipinski definition) is 3. The van der Waals surface area contributed by atoms with Gasteiger partial charge in [-0.15, -0.1) is 0 Å². The van der Waals surface area contributed by atoms with Gasteiger partial charge in [0.05, 0.1) is 15.7 Å². The molecule has 1 amide bonds. The summed E-state index contributed by atoms with van der Waals surface area (Å²) >= 11 is 9.19. The van der Waals surface area contributed by atoms with E-state index >= 15 is 0 Å². The molecule has 1 atom stereocenters. The van der Waals surface area contributed by atoms with Gasteiger partial charge in [-0.05, 0) is 53.2 Å². The van der Waals surface area contributed by atoms with Crippen LogP contribution in [0.3, 0.4) is 0 Å². The van der Waals surface area contributed by atoms with Gasteiger partial charge in [0.2, 0.25) is 0 Å². The lowest BCUT2D eigenvalue weighted by Gasteiger charge is -2.16. The van der Waals surface area contributed by atoms with Crippen LogP contribution >= 0.6 is 27.5 Å². The van der Waals surface area contributed by atoms with Crippen LogP contribution in [0.1, 0.15) is 12.5 Å². The molecule has 4 nitrogen and oxygen atoms in total. The molecule has 2 aromatic carbocycles. The molecule has 22 heavy (non-hydrogen) atoms. The zero-order valence-corrected chi connectivity index (χ0v) is 14.0. The van der Waals surface area contributed by atoms with E-state index in [1.165, 1.54) is 0 Å². The number of nitrogens with zero attached hydrogens (tertiary/aromatic N) is 1. The van der Waals surface area contributed by atoms with Crippen LogP contribution in [0.2, 0.25) is 5.02 Å². The maximum absolute atomic E-state index is 12.2. The standard InChI is InChI=1S/C16H12BrClN2O2/c1-10(22-15-7-6-12(18)8-13(15)17)16(21)20-14-5-3-2-4-11(14)9-19/h2-8,10H,1H3,(H,20,21)/t10-/m0/s1. The number of hydrogen-bond donors (Lipinski definition) is 1. The molecule has 6 heteroatoms. The van der Waals surface area contributed by atoms with E-state index in [2.05, 4.69) is 21.2 Å². The van der Waals surface area contributed by atoms with Crippen molar-refractivity contribution in [1.29, 1.82) is 5.26 Å². The van der Waals surface area contributed by atoms with E-state index in [-0.39, 0.29) is 5.91 Å². The Bertz CT molecular complexity index is 743. The second-order valence-corrected chi connectivity index (χ2v) is 5.77. The maximum Gasteiger partial charge on any atom is 0.265 e. The summed E-state index contributed by atoms with van der Waals surface area (Å²) in [5.41, 5.74) is 0.858. The molecule has 0 aliphatic carbocycles. The number of nitriles is 1. The van der Waals surface area contributed by atoms with Gasteiger partial charge >= 0.3 is 0 Å². The SMILES string of the molecule is C[C@H](Oc1ccc(Cl)cc1Br)C(=O)Nc1ccccc1C#N. The highest BCUT2D eigenvalue weighted by molar-refractivity contribution is 9.10. The van der Waals surface area contributed by atoms with Crippen molar-refractivity contribution in [3.8, 4) is 11.8 Å². The summed E-state index contributed by atoms with van der Waals surface area (Å²) in [6, 6.07) is 13.9. The number of amides is 1. The Balaban J connectivity index is 2.08. The van der Waals surface area contributed by atoms with Crippen molar-refractivity contribution >= 4 is 39.1 Å². The molecule has 0 radical (unpaired) electrons. The minimum absolute atomic E-state index is 0.343. The van der Waals surface area contributed by atoms with E-state index in [4.69, 9.17) is 21.6 Å². The molecule has 0 heterocycles. The summed E-state index contributed by atoms with van der Waals surface area (Å²) in [7, 11) is 0. The van der Waals surface area contributed by atoms with Crippen LogP contribution in [0, 0.1) is 11.3 Å². The van der Waals surface area contributed by atoms with Crippen molar-refractivity contribution in [3.05, 3.63) is 57.5 Å². The molecular weight excluding hydrogens is 368 g/mol. The average molecular weight is 380 g/mol. The minimum Gasteiger partial charge on any atom is -0.480 e. The minimum atomic E-state index is -0.732. The van der Waals surface area contributed by atoms with E-state index < -0.39 is 6.10 Å². The van der Waals surface area contributed by atoms with E-state index in [0.29, 0.717) is 26.5 Å². The number of nitrogens with one attached hydrogen (secondary N) is 1. The number of benzene rings is 2. The Hall–Kier alpha value is -2.03. The normalized spacial score (nSPS) is 11.4. The molecule has 0 unspecified atom stereocenters. The van der Waals surface area contributed by atoms with Crippen LogP contribution in [0.25, 0.3) is 0 Å². The van der Waals surface area contributed by atoms with Crippen molar-refractivity contribution < 1.29 is 9.53 Å². The predicted octanol–water partition coefficient (Wildman–Crippen LogP) is 4.38. The number of ether oxygens (including phenoxy) is 1. The molecular formula is C16H12BrClN2O2. The lowest BCUT2D eigenvalue weighted by Crippen LogP contribution is -2.30. The summed E-state index contributed by atoms with van der Waals surface area (Å²) in [5.74, 6) is 0.171. The fraction of sp³-hybridized carbons (Fsp3) is 0.125. The molecule has 0 aliphatic heterocycles. The molecule has 0 saturated carbocycles. The van der Waals surface area contributed by atoms with Crippen LogP contribution in [-0.2, 0) is 4.79 Å². The smallest absolute Gasteiger partial charge is 0.265 e. The summed E-state index contributed by atoms with van der Waals surface area (Å²) in [4.78, 5) is 12.2. The molecule has 1 N–H and O–H groups in total. The quantitative estimate of drug-likeness (QED) is 0.857. The van der Waals surface area contributed by atoms with E-state index in [0.717, 1.165) is 0 Å². The third-order valence-electron chi connectivity index (χ3n) is 2.87. The zero-order chi connectivity index (χ0) is 16.1. The van der Waals surface area contributed by atoms with E-state index in [1.54, 1.807) is 49.4 Å². The topological polar surface area (TPSA) is 62.1 Å². The number of carbonyl (C=O) groups excluding carboxylic acids is 1. The third-order valence-corrected chi connectivity index (χ3v) is 3.73. The van der Waals surface area contributed by atoms with Gasteiger partial charge in [-0.25, -0.2) is 0 Å². The molecule has 0 aromatic heterocycles. The van der Waals surface area contributed by atoms with Crippen LogP contribution in [0.5, 0.6) is 5.75 Å². The first-order chi connectivity index (χ1) is 10.5. The number of rotatable bonds is 4. The van der Waals surface area contributed by atoms with Gasteiger partial charge in [-0.1, -0.05) is 23.7 Å². The van der Waals surface area contributed by atoms with Crippen LogP contribution in [0.15, 0.2) is 46.9 Å². The van der Waals surface area contributed by atoms with Gasteiger partial charge in [-0.2, -0.15) is 5.26 Å². The Kier molecular flexibility index (Phi) is 5.42. The predicted molar refractivity (Wildman–Crippen MR) is 89.0 cm³/mol. The van der Waals surface area contributed by atoms with Crippen molar-refractivity contribution in [2.24, 2.45) is 0 Å². The first-order valence-electron chi connectivity index (χ1n) is 6.43. The monoisotopic (exact) mass is 378 g/mol. The highest BCUT2D eigenvalue weighted by Crippen LogP contribution is 2.29. The summed E-state index contributed by atoms with van der Waals surface area (Å²) < 4.78 is 6.27. The molecule has 0 aliphatic rings. The summed E-state index contributed by atoms with van der Waals surface area (Å²) in [6.45, 7) is 1.63. The fourth-order valence-electron chi connectivity index (χ4n) is 1.74. The van der Waals surface area contributed by atoms with Crippen molar-refractivity contribution in [2.45, 2.75) is 13.0 Å². The van der Waals surface area contributed by atoms with Crippen molar-refractivity contribution in [3.63, 3.8) is 0 Å². The number of halogens is 2. The van der Waals surface area contributed by atoms with Gasteiger partial charge in [-0.3, -0.25) is 4.79 Å². The molecule has 2 aromatic rings. The Morgan fingerprint density at radius 2 is 2.09 bits per heavy atom. The average Bonchev–Trinajstić information content (AvgIpc) is 2.50. The van der Waals surface area contributed by atoms with Gasteiger partial charge in [0.1, 0.15) is 11.8 Å². The zero-order valence-electron chi connectivity index (χ0n) is 11.6. The Labute approximate surface area is 141 Å². The summed E-state index contributed by atoms with van der Waals surface area (Å²) in [6.07, 6.45) is -0.732. The summed E-state index contributed by atoms with van der Waals surface area (Å²) in [5, 5.41) is 12.3. The number of anilines is 1. The van der Waals surface area contributed by atoms with Gasteiger partial charge < -0.3 is 10.1 Å². The van der Waals surface area contributed by atoms with Gasteiger partial charge in [0.25, 0.3) is 5.91 Å². The molecule has 0 spiro atoms. The first kappa shape index (κ1) is 16.3. The Morgan fingerprint density at radius 3 is 2.77 bits per heavy atom.